The van der Waals surface area contributed by atoms with E-state index >= 15 is 0 Å². The van der Waals surface area contributed by atoms with Gasteiger partial charge in [0.05, 0.1) is 11.8 Å². The number of carboxylic acid groups (broad SMARTS) is 1. The summed E-state index contributed by atoms with van der Waals surface area (Å²) in [6.07, 6.45) is -8.02. The van der Waals surface area contributed by atoms with Crippen LogP contribution in [0.2, 0.25) is 0 Å². The lowest BCUT2D eigenvalue weighted by Gasteiger charge is -2.21. The van der Waals surface area contributed by atoms with E-state index < -0.39 is 47.7 Å². The Labute approximate surface area is 225 Å². The predicted molar refractivity (Wildman–Crippen MR) is 132 cm³/mol. The van der Waals surface area contributed by atoms with Crippen LogP contribution < -0.4 is 10.6 Å². The Kier molecular flexibility index (Phi) is 14.5. The number of hydrogen-bond donors (Lipinski definition) is 3. The molecule has 0 aromatic heterocycles. The highest BCUT2D eigenvalue weighted by Gasteiger charge is 2.38. The van der Waals surface area contributed by atoms with Gasteiger partial charge in [-0.25, -0.2) is 4.79 Å². The summed E-state index contributed by atoms with van der Waals surface area (Å²) >= 11 is 0.894. The van der Waals surface area contributed by atoms with Crippen LogP contribution in [0.25, 0.3) is 0 Å². The molecule has 15 heteroatoms. The van der Waals surface area contributed by atoms with E-state index in [1.165, 1.54) is 12.5 Å². The maximum Gasteiger partial charge on any atom is 0.490 e. The summed E-state index contributed by atoms with van der Waals surface area (Å²) in [6, 6.07) is 9.72. The summed E-state index contributed by atoms with van der Waals surface area (Å²) in [4.78, 5) is 45.7. The maximum atomic E-state index is 12.3. The number of carboxylic acids is 1. The Hall–Kier alpha value is -2.65. The molecule has 39 heavy (non-hydrogen) atoms. The van der Waals surface area contributed by atoms with E-state index in [-0.39, 0.29) is 0 Å². The Morgan fingerprint density at radius 1 is 1.08 bits per heavy atom. The van der Waals surface area contributed by atoms with Crippen molar-refractivity contribution >= 4 is 35.3 Å². The molecule has 0 aliphatic carbocycles. The minimum atomic E-state index is -5.08. The first-order valence-corrected chi connectivity index (χ1v) is 13.1. The molecular formula is C24H31F6N3O5S. The smallest absolute Gasteiger partial charge is 0.475 e. The van der Waals surface area contributed by atoms with Crippen LogP contribution >= 0.6 is 11.8 Å². The highest BCUT2D eigenvalue weighted by atomic mass is 32.2. The van der Waals surface area contributed by atoms with E-state index in [1.54, 1.807) is 0 Å². The molecule has 2 atom stereocenters. The molecule has 1 unspecified atom stereocenters. The molecule has 8 nitrogen and oxygen atoms in total. The van der Waals surface area contributed by atoms with Crippen molar-refractivity contribution in [3.8, 4) is 0 Å². The molecule has 1 aliphatic heterocycles. The molecule has 1 aliphatic rings. The van der Waals surface area contributed by atoms with E-state index in [0.717, 1.165) is 37.8 Å². The molecule has 1 fully saturated rings. The van der Waals surface area contributed by atoms with Crippen molar-refractivity contribution in [1.29, 1.82) is 0 Å². The minimum Gasteiger partial charge on any atom is -0.475 e. The molecule has 1 heterocycles. The number of likely N-dealkylation sites (tertiary alicyclic amines) is 1. The summed E-state index contributed by atoms with van der Waals surface area (Å²) in [5.74, 6) is -5.24. The van der Waals surface area contributed by atoms with Crippen LogP contribution in [0, 0.1) is 0 Å². The van der Waals surface area contributed by atoms with Crippen LogP contribution in [0.5, 0.6) is 0 Å². The van der Waals surface area contributed by atoms with Crippen LogP contribution in [0.3, 0.4) is 0 Å². The second-order valence-electron chi connectivity index (χ2n) is 8.67. The number of carbonyl (C=O) groups excluding carboxylic acids is 3. The third-order valence-corrected chi connectivity index (χ3v) is 6.59. The van der Waals surface area contributed by atoms with E-state index in [2.05, 4.69) is 27.7 Å². The van der Waals surface area contributed by atoms with Crippen molar-refractivity contribution in [3.63, 3.8) is 0 Å². The topological polar surface area (TPSA) is 116 Å². The number of alkyl halides is 6. The number of nitrogens with zero attached hydrogens (tertiary/aromatic N) is 1. The third-order valence-electron chi connectivity index (χ3n) is 5.55. The summed E-state index contributed by atoms with van der Waals surface area (Å²) in [7, 11) is 0. The zero-order chi connectivity index (χ0) is 29.6. The van der Waals surface area contributed by atoms with Crippen LogP contribution in [0.15, 0.2) is 30.3 Å². The number of Topliss-reactive ketones (excluding diaryl/α,β-unsaturated/α-hetero) is 1. The van der Waals surface area contributed by atoms with E-state index in [9.17, 15) is 40.7 Å². The monoisotopic (exact) mass is 587 g/mol. The van der Waals surface area contributed by atoms with Gasteiger partial charge in [-0.05, 0) is 43.0 Å². The van der Waals surface area contributed by atoms with Gasteiger partial charge in [0, 0.05) is 26.6 Å². The number of halogens is 6. The molecule has 0 spiro atoms. The number of nitrogens with one attached hydrogen (secondary N) is 2. The maximum absolute atomic E-state index is 12.3. The first-order valence-electron chi connectivity index (χ1n) is 11.9. The fraction of sp³-hybridized carbons (Fsp3) is 0.583. The molecule has 2 rings (SSSR count). The van der Waals surface area contributed by atoms with E-state index in [1.807, 2.05) is 18.2 Å². The van der Waals surface area contributed by atoms with Gasteiger partial charge in [-0.3, -0.25) is 19.7 Å². The summed E-state index contributed by atoms with van der Waals surface area (Å²) < 4.78 is 68.5. The molecular weight excluding hydrogens is 556 g/mol. The molecule has 3 N–H and O–H groups in total. The third kappa shape index (κ3) is 14.3. The summed E-state index contributed by atoms with van der Waals surface area (Å²) in [6.45, 7) is 4.47. The Bertz CT molecular complexity index is 946. The number of thioether (sulfide) groups is 1. The number of amides is 2. The molecule has 0 saturated carbocycles. The van der Waals surface area contributed by atoms with Gasteiger partial charge < -0.3 is 15.3 Å². The number of carbonyl (C=O) groups is 4. The number of aliphatic carboxylic acids is 1. The van der Waals surface area contributed by atoms with Gasteiger partial charge in [0.1, 0.15) is 0 Å². The fourth-order valence-electron chi connectivity index (χ4n) is 3.65. The first-order chi connectivity index (χ1) is 18.1. The van der Waals surface area contributed by atoms with Gasteiger partial charge in [0.2, 0.25) is 17.6 Å². The number of imide groups is 1. The highest BCUT2D eigenvalue weighted by Crippen LogP contribution is 2.26. The molecule has 0 radical (unpaired) electrons. The van der Waals surface area contributed by atoms with Crippen molar-refractivity contribution in [2.75, 3.05) is 37.7 Å². The lowest BCUT2D eigenvalue weighted by Crippen LogP contribution is -2.47. The first kappa shape index (κ1) is 34.4. The van der Waals surface area contributed by atoms with Gasteiger partial charge in [-0.1, -0.05) is 30.3 Å². The zero-order valence-electron chi connectivity index (χ0n) is 21.1. The Morgan fingerprint density at radius 3 is 2.23 bits per heavy atom. The van der Waals surface area contributed by atoms with Gasteiger partial charge in [-0.15, -0.1) is 0 Å². The Balaban J connectivity index is 0.000000956. The van der Waals surface area contributed by atoms with Crippen LogP contribution in [-0.2, 0) is 19.2 Å². The van der Waals surface area contributed by atoms with Gasteiger partial charge in [-0.2, -0.15) is 38.1 Å². The highest BCUT2D eigenvalue weighted by molar-refractivity contribution is 7.99. The zero-order valence-corrected chi connectivity index (χ0v) is 21.9. The van der Waals surface area contributed by atoms with Crippen LogP contribution in [-0.4, -0.2) is 89.7 Å². The normalized spacial score (nSPS) is 16.6. The van der Waals surface area contributed by atoms with Crippen molar-refractivity contribution in [1.82, 2.24) is 15.5 Å². The standard InChI is InChI=1S/C22H30F3N3O3S.C2HF3O2/c1-16(29)27-21(31)19(8-5-13-32-15-20(30)22(23,24)25)26-10-12-28-11-9-18(14-28)17-6-3-2-4-7-17;3-2(4,5)1(6)7/h2-4,6-7,18-19,26H,5,8-15H2,1H3,(H,27,29,31);(H,6,7)/t18?,19-;/m0./s1. The van der Waals surface area contributed by atoms with Crippen LogP contribution in [0.4, 0.5) is 26.3 Å². The van der Waals surface area contributed by atoms with Crippen molar-refractivity contribution in [2.24, 2.45) is 0 Å². The average molecular weight is 588 g/mol. The van der Waals surface area contributed by atoms with E-state index in [0.29, 0.717) is 31.1 Å². The lowest BCUT2D eigenvalue weighted by molar-refractivity contribution is -0.192. The average Bonchev–Trinajstić information content (AvgIpc) is 3.31. The van der Waals surface area contributed by atoms with Gasteiger partial charge in [0.25, 0.3) is 0 Å². The molecule has 220 valence electrons. The largest absolute Gasteiger partial charge is 0.490 e. The molecule has 1 saturated heterocycles. The van der Waals surface area contributed by atoms with E-state index in [4.69, 9.17) is 9.90 Å². The van der Waals surface area contributed by atoms with Crippen molar-refractivity contribution < 1.29 is 50.6 Å². The summed E-state index contributed by atoms with van der Waals surface area (Å²) in [5, 5.41) is 12.6. The molecule has 1 aromatic rings. The van der Waals surface area contributed by atoms with Crippen LogP contribution in [0.1, 0.15) is 37.7 Å². The van der Waals surface area contributed by atoms with Crippen molar-refractivity contribution in [2.45, 2.75) is 50.5 Å². The second kappa shape index (κ2) is 16.5. The number of ketones is 1. The second-order valence-corrected chi connectivity index (χ2v) is 9.77. The lowest BCUT2D eigenvalue weighted by atomic mass is 9.99. The van der Waals surface area contributed by atoms with Crippen molar-refractivity contribution in [3.05, 3.63) is 35.9 Å². The number of benzene rings is 1. The molecule has 0 bridgehead atoms. The SMILES string of the molecule is CC(=O)NC(=O)[C@H](CCCSCC(=O)C(F)(F)F)NCCN1CCC(c2ccccc2)C1.O=C(O)C(F)(F)F. The molecule has 2 amide bonds. The fourth-order valence-corrected chi connectivity index (χ4v) is 4.52. The Morgan fingerprint density at radius 2 is 1.69 bits per heavy atom. The van der Waals surface area contributed by atoms with Gasteiger partial charge >= 0.3 is 18.3 Å². The summed E-state index contributed by atoms with van der Waals surface area (Å²) in [5.41, 5.74) is 1.32. The number of rotatable bonds is 12. The molecule has 1 aromatic carbocycles. The number of hydrogen-bond acceptors (Lipinski definition) is 7. The minimum absolute atomic E-state index is 0.318. The van der Waals surface area contributed by atoms with Gasteiger partial charge in [0.15, 0.2) is 0 Å². The predicted octanol–water partition coefficient (Wildman–Crippen LogP) is 3.37. The quantitative estimate of drug-likeness (QED) is 0.252.